The van der Waals surface area contributed by atoms with Gasteiger partial charge in [0, 0.05) is 13.1 Å². The van der Waals surface area contributed by atoms with Crippen molar-refractivity contribution in [3.05, 3.63) is 46.9 Å². The second-order valence-electron chi connectivity index (χ2n) is 4.89. The van der Waals surface area contributed by atoms with Crippen LogP contribution in [-0.2, 0) is 13.0 Å². The molecule has 0 amide bonds. The fourth-order valence-corrected chi connectivity index (χ4v) is 2.88. The SMILES string of the molecule is Clc1nc(N2CCc3ccccc3C2)c2cn[nH]c2n1. The Morgan fingerprint density at radius 1 is 1.15 bits per heavy atom. The standard InChI is InChI=1S/C14H12ClN5/c15-14-17-12-11(7-16-19-12)13(18-14)20-6-5-9-3-1-2-4-10(9)8-20/h1-4,7H,5-6,8H2,(H,16,17,18,19). The highest BCUT2D eigenvalue weighted by atomic mass is 35.5. The molecule has 0 unspecified atom stereocenters. The highest BCUT2D eigenvalue weighted by Crippen LogP contribution is 2.28. The van der Waals surface area contributed by atoms with Gasteiger partial charge < -0.3 is 4.90 Å². The fraction of sp³-hybridized carbons (Fsp3) is 0.214. The van der Waals surface area contributed by atoms with Crippen molar-refractivity contribution < 1.29 is 0 Å². The summed E-state index contributed by atoms with van der Waals surface area (Å²) in [6.45, 7) is 1.76. The van der Waals surface area contributed by atoms with Gasteiger partial charge >= 0.3 is 0 Å². The second-order valence-corrected chi connectivity index (χ2v) is 5.23. The van der Waals surface area contributed by atoms with Crippen LogP contribution in [-0.4, -0.2) is 26.7 Å². The molecule has 1 aliphatic heterocycles. The Bertz CT molecular complexity index is 782. The van der Waals surface area contributed by atoms with E-state index in [1.807, 2.05) is 0 Å². The maximum atomic E-state index is 6.00. The molecule has 100 valence electrons. The quantitative estimate of drug-likeness (QED) is 0.698. The summed E-state index contributed by atoms with van der Waals surface area (Å²) in [5.74, 6) is 0.850. The van der Waals surface area contributed by atoms with Gasteiger partial charge in [0.1, 0.15) is 5.82 Å². The summed E-state index contributed by atoms with van der Waals surface area (Å²) in [6, 6.07) is 8.51. The monoisotopic (exact) mass is 285 g/mol. The van der Waals surface area contributed by atoms with Crippen LogP contribution in [0.25, 0.3) is 11.0 Å². The molecule has 1 aromatic carbocycles. The van der Waals surface area contributed by atoms with Crippen LogP contribution in [0.4, 0.5) is 5.82 Å². The number of benzene rings is 1. The summed E-state index contributed by atoms with van der Waals surface area (Å²) in [5, 5.41) is 8.03. The smallest absolute Gasteiger partial charge is 0.226 e. The van der Waals surface area contributed by atoms with Gasteiger partial charge in [-0.15, -0.1) is 0 Å². The average Bonchev–Trinajstić information content (AvgIpc) is 2.94. The number of nitrogens with one attached hydrogen (secondary N) is 1. The Balaban J connectivity index is 1.79. The minimum atomic E-state index is 0.246. The van der Waals surface area contributed by atoms with Crippen LogP contribution < -0.4 is 4.90 Å². The minimum Gasteiger partial charge on any atom is -0.351 e. The lowest BCUT2D eigenvalue weighted by Crippen LogP contribution is -2.31. The Morgan fingerprint density at radius 2 is 2.00 bits per heavy atom. The van der Waals surface area contributed by atoms with E-state index in [0.717, 1.165) is 30.7 Å². The van der Waals surface area contributed by atoms with E-state index in [1.165, 1.54) is 11.1 Å². The molecule has 0 aliphatic carbocycles. The third-order valence-electron chi connectivity index (χ3n) is 3.69. The summed E-state index contributed by atoms with van der Waals surface area (Å²) in [7, 11) is 0. The molecule has 0 bridgehead atoms. The number of anilines is 1. The second kappa shape index (κ2) is 4.45. The van der Waals surface area contributed by atoms with Gasteiger partial charge in [0.05, 0.1) is 11.6 Å². The summed E-state index contributed by atoms with van der Waals surface area (Å²) in [5.41, 5.74) is 3.43. The Morgan fingerprint density at radius 3 is 2.90 bits per heavy atom. The van der Waals surface area contributed by atoms with Gasteiger partial charge in [0.25, 0.3) is 0 Å². The lowest BCUT2D eigenvalue weighted by molar-refractivity contribution is 0.723. The van der Waals surface area contributed by atoms with Gasteiger partial charge in [-0.05, 0) is 29.1 Å². The van der Waals surface area contributed by atoms with Gasteiger partial charge in [0.2, 0.25) is 5.28 Å². The largest absolute Gasteiger partial charge is 0.351 e. The number of halogens is 1. The molecule has 0 saturated carbocycles. The highest BCUT2D eigenvalue weighted by molar-refractivity contribution is 6.28. The highest BCUT2D eigenvalue weighted by Gasteiger charge is 2.20. The topological polar surface area (TPSA) is 57.7 Å². The van der Waals surface area contributed by atoms with Crippen molar-refractivity contribution in [2.45, 2.75) is 13.0 Å². The first-order valence-electron chi connectivity index (χ1n) is 6.49. The molecule has 1 aliphatic rings. The molecule has 0 atom stereocenters. The van der Waals surface area contributed by atoms with E-state index in [9.17, 15) is 0 Å². The Labute approximate surface area is 120 Å². The van der Waals surface area contributed by atoms with E-state index in [4.69, 9.17) is 11.6 Å². The number of aromatic nitrogens is 4. The Kier molecular flexibility index (Phi) is 2.60. The van der Waals surface area contributed by atoms with Crippen molar-refractivity contribution in [1.29, 1.82) is 0 Å². The van der Waals surface area contributed by atoms with Crippen molar-refractivity contribution in [2.24, 2.45) is 0 Å². The molecule has 0 saturated heterocycles. The van der Waals surface area contributed by atoms with E-state index in [2.05, 4.69) is 49.3 Å². The third-order valence-corrected chi connectivity index (χ3v) is 3.86. The molecule has 5 nitrogen and oxygen atoms in total. The molecule has 0 radical (unpaired) electrons. The normalized spacial score (nSPS) is 14.6. The average molecular weight is 286 g/mol. The molecule has 0 fully saturated rings. The van der Waals surface area contributed by atoms with E-state index in [1.54, 1.807) is 6.20 Å². The summed E-state index contributed by atoms with van der Waals surface area (Å²) < 4.78 is 0. The number of rotatable bonds is 1. The van der Waals surface area contributed by atoms with Gasteiger partial charge in [-0.1, -0.05) is 24.3 Å². The predicted molar refractivity (Wildman–Crippen MR) is 77.9 cm³/mol. The summed E-state index contributed by atoms with van der Waals surface area (Å²) in [4.78, 5) is 10.8. The third kappa shape index (κ3) is 1.82. The molecular weight excluding hydrogens is 274 g/mol. The summed E-state index contributed by atoms with van der Waals surface area (Å²) in [6.07, 6.45) is 2.76. The molecule has 0 spiro atoms. The Hall–Kier alpha value is -2.14. The molecule has 20 heavy (non-hydrogen) atoms. The zero-order chi connectivity index (χ0) is 13.5. The van der Waals surface area contributed by atoms with Gasteiger partial charge in [-0.25, -0.2) is 0 Å². The number of H-pyrrole nitrogens is 1. The number of hydrogen-bond donors (Lipinski definition) is 1. The van der Waals surface area contributed by atoms with Crippen LogP contribution in [0, 0.1) is 0 Å². The first-order valence-corrected chi connectivity index (χ1v) is 6.87. The molecule has 6 heteroatoms. The van der Waals surface area contributed by atoms with Crippen LogP contribution in [0.5, 0.6) is 0 Å². The molecule has 3 heterocycles. The van der Waals surface area contributed by atoms with Crippen molar-refractivity contribution in [1.82, 2.24) is 20.2 Å². The maximum Gasteiger partial charge on any atom is 0.226 e. The van der Waals surface area contributed by atoms with Gasteiger partial charge in [-0.3, -0.25) is 5.10 Å². The zero-order valence-electron chi connectivity index (χ0n) is 10.7. The van der Waals surface area contributed by atoms with E-state index < -0.39 is 0 Å². The maximum absolute atomic E-state index is 6.00. The van der Waals surface area contributed by atoms with Gasteiger partial charge in [-0.2, -0.15) is 15.1 Å². The van der Waals surface area contributed by atoms with Crippen LogP contribution in [0.2, 0.25) is 5.28 Å². The predicted octanol–water partition coefficient (Wildman–Crippen LogP) is 2.57. The number of nitrogens with zero attached hydrogens (tertiary/aromatic N) is 4. The molecular formula is C14H12ClN5. The fourth-order valence-electron chi connectivity index (χ4n) is 2.71. The van der Waals surface area contributed by atoms with Crippen LogP contribution in [0.15, 0.2) is 30.5 Å². The zero-order valence-corrected chi connectivity index (χ0v) is 11.4. The summed E-state index contributed by atoms with van der Waals surface area (Å²) >= 11 is 6.00. The van der Waals surface area contributed by atoms with Gasteiger partial charge in [0.15, 0.2) is 5.65 Å². The molecule has 4 rings (SSSR count). The van der Waals surface area contributed by atoms with Crippen molar-refractivity contribution in [3.8, 4) is 0 Å². The number of aromatic amines is 1. The lowest BCUT2D eigenvalue weighted by Gasteiger charge is -2.30. The van der Waals surface area contributed by atoms with Crippen LogP contribution >= 0.6 is 11.6 Å². The number of fused-ring (bicyclic) bond motifs is 2. The first-order chi connectivity index (χ1) is 9.81. The van der Waals surface area contributed by atoms with E-state index in [0.29, 0.717) is 5.65 Å². The van der Waals surface area contributed by atoms with Crippen molar-refractivity contribution in [2.75, 3.05) is 11.4 Å². The van der Waals surface area contributed by atoms with Crippen molar-refractivity contribution >= 4 is 28.5 Å². The molecule has 2 aromatic heterocycles. The first kappa shape index (κ1) is 11.7. The van der Waals surface area contributed by atoms with Crippen LogP contribution in [0.1, 0.15) is 11.1 Å². The van der Waals surface area contributed by atoms with Crippen LogP contribution in [0.3, 0.4) is 0 Å². The molecule has 3 aromatic rings. The van der Waals surface area contributed by atoms with E-state index in [-0.39, 0.29) is 5.28 Å². The lowest BCUT2D eigenvalue weighted by atomic mass is 10.00. The molecule has 1 N–H and O–H groups in total. The van der Waals surface area contributed by atoms with E-state index >= 15 is 0 Å². The van der Waals surface area contributed by atoms with Crippen molar-refractivity contribution in [3.63, 3.8) is 0 Å². The number of hydrogen-bond acceptors (Lipinski definition) is 4. The minimum absolute atomic E-state index is 0.246.